The van der Waals surface area contributed by atoms with E-state index in [1.807, 2.05) is 127 Å². The molecule has 0 bridgehead atoms. The van der Waals surface area contributed by atoms with Crippen LogP contribution in [0.25, 0.3) is 76.8 Å². The number of hydrogen-bond acceptors (Lipinski definition) is 2. The summed E-state index contributed by atoms with van der Waals surface area (Å²) < 4.78 is 2.11. The largest absolute Gasteiger partial charge is 0.308 e. The maximum atomic E-state index is 15.3. The summed E-state index contributed by atoms with van der Waals surface area (Å²) in [6, 6.07) is 62.0. The number of amides is 2. The molecule has 9 aromatic rings. The second-order valence-electron chi connectivity index (χ2n) is 13.9. The fourth-order valence-electron chi connectivity index (χ4n) is 8.15. The summed E-state index contributed by atoms with van der Waals surface area (Å²) in [5.74, 6) is -0.732. The van der Waals surface area contributed by atoms with Crippen LogP contribution in [0.1, 0.15) is 20.7 Å². The molecule has 0 radical (unpaired) electrons. The van der Waals surface area contributed by atoms with Crippen LogP contribution in [0.5, 0.6) is 0 Å². The molecule has 1 aliphatic heterocycles. The summed E-state index contributed by atoms with van der Waals surface area (Å²) >= 11 is 0. The van der Waals surface area contributed by atoms with E-state index < -0.39 is 0 Å². The Kier molecular flexibility index (Phi) is 7.76. The molecular weight excluding hydrogens is 687 g/mol. The van der Waals surface area contributed by atoms with Crippen LogP contribution in [0.3, 0.4) is 0 Å². The number of benzene rings is 8. The zero-order valence-electron chi connectivity index (χ0n) is 30.1. The zero-order valence-corrected chi connectivity index (χ0v) is 30.1. The molecular formula is C51H31N3O2. The van der Waals surface area contributed by atoms with Gasteiger partial charge in [0.05, 0.1) is 40.1 Å². The van der Waals surface area contributed by atoms with E-state index in [2.05, 4.69) is 64.0 Å². The van der Waals surface area contributed by atoms with E-state index in [0.29, 0.717) is 28.2 Å². The van der Waals surface area contributed by atoms with Gasteiger partial charge < -0.3 is 4.57 Å². The topological polar surface area (TPSA) is 46.7 Å². The maximum Gasteiger partial charge on any atom is 0.268 e. The van der Waals surface area contributed by atoms with Gasteiger partial charge in [-0.25, -0.2) is 9.74 Å². The van der Waals surface area contributed by atoms with Crippen molar-refractivity contribution in [2.75, 3.05) is 4.90 Å². The second-order valence-corrected chi connectivity index (χ2v) is 13.9. The van der Waals surface area contributed by atoms with Gasteiger partial charge in [0.1, 0.15) is 0 Å². The van der Waals surface area contributed by atoms with E-state index in [1.165, 1.54) is 4.90 Å². The van der Waals surface area contributed by atoms with Crippen LogP contribution >= 0.6 is 0 Å². The monoisotopic (exact) mass is 717 g/mol. The van der Waals surface area contributed by atoms with Gasteiger partial charge in [0, 0.05) is 21.9 Å². The number of nitrogens with zero attached hydrogens (tertiary/aromatic N) is 3. The van der Waals surface area contributed by atoms with Gasteiger partial charge in [0.2, 0.25) is 0 Å². The van der Waals surface area contributed by atoms with E-state index in [0.717, 1.165) is 66.3 Å². The van der Waals surface area contributed by atoms with Crippen molar-refractivity contribution >= 4 is 45.0 Å². The third-order valence-corrected chi connectivity index (χ3v) is 10.7. The molecule has 5 heteroatoms. The molecule has 2 heterocycles. The number of anilines is 1. The summed E-state index contributed by atoms with van der Waals surface area (Å²) in [5.41, 5.74) is 11.8. The molecule has 0 N–H and O–H groups in total. The van der Waals surface area contributed by atoms with Crippen molar-refractivity contribution in [3.05, 3.63) is 211 Å². The van der Waals surface area contributed by atoms with Crippen molar-refractivity contribution in [2.24, 2.45) is 0 Å². The predicted octanol–water partition coefficient (Wildman–Crippen LogP) is 12.8. The molecule has 2 amide bonds. The summed E-state index contributed by atoms with van der Waals surface area (Å²) in [7, 11) is 0. The van der Waals surface area contributed by atoms with E-state index in [9.17, 15) is 4.79 Å². The van der Waals surface area contributed by atoms with Crippen LogP contribution in [-0.4, -0.2) is 16.4 Å². The van der Waals surface area contributed by atoms with Crippen LogP contribution < -0.4 is 4.90 Å². The third kappa shape index (κ3) is 5.24. The molecule has 8 aromatic carbocycles. The number of carbonyl (C=O) groups is 2. The molecule has 0 saturated heterocycles. The first-order valence-electron chi connectivity index (χ1n) is 18.5. The van der Waals surface area contributed by atoms with Gasteiger partial charge in [0.25, 0.3) is 11.8 Å². The molecule has 0 saturated carbocycles. The molecule has 5 nitrogen and oxygen atoms in total. The van der Waals surface area contributed by atoms with Gasteiger partial charge in [-0.2, -0.15) is 0 Å². The number of imide groups is 1. The Hall–Kier alpha value is -7.81. The molecule has 10 rings (SSSR count). The highest BCUT2D eigenvalue weighted by Gasteiger charge is 2.41. The Morgan fingerprint density at radius 2 is 0.964 bits per heavy atom. The van der Waals surface area contributed by atoms with Crippen molar-refractivity contribution in [3.8, 4) is 50.2 Å². The van der Waals surface area contributed by atoms with Gasteiger partial charge in [-0.15, -0.1) is 0 Å². The number of aromatic nitrogens is 1. The molecule has 262 valence electrons. The highest BCUT2D eigenvalue weighted by atomic mass is 16.2. The highest BCUT2D eigenvalue weighted by molar-refractivity contribution is 6.37. The molecule has 56 heavy (non-hydrogen) atoms. The molecule has 0 spiro atoms. The van der Waals surface area contributed by atoms with Crippen molar-refractivity contribution in [3.63, 3.8) is 0 Å². The Balaban J connectivity index is 1.19. The molecule has 0 aliphatic carbocycles. The summed E-state index contributed by atoms with van der Waals surface area (Å²) in [6.07, 6.45) is 0. The van der Waals surface area contributed by atoms with E-state index >= 15 is 4.79 Å². The lowest BCUT2D eigenvalue weighted by Crippen LogP contribution is -2.30. The Morgan fingerprint density at radius 1 is 0.411 bits per heavy atom. The van der Waals surface area contributed by atoms with Crippen molar-refractivity contribution in [1.82, 2.24) is 4.57 Å². The van der Waals surface area contributed by atoms with Crippen LogP contribution in [0.2, 0.25) is 0 Å². The maximum absolute atomic E-state index is 15.3. The van der Waals surface area contributed by atoms with Crippen molar-refractivity contribution < 1.29 is 9.59 Å². The van der Waals surface area contributed by atoms with Crippen LogP contribution in [-0.2, 0) is 0 Å². The van der Waals surface area contributed by atoms with E-state index in [1.54, 1.807) is 6.07 Å². The SMILES string of the molecule is [C-]#[N+]c1ccc(-c2ccc3c(c2)c2ccccc2n3-c2cccc3c2C(=O)N(c2c(-c4ccccc4)cc(-c4ccccc4)cc2-c2ccccc2)C3=O)cc1. The zero-order chi connectivity index (χ0) is 37.8. The lowest BCUT2D eigenvalue weighted by Gasteiger charge is -2.24. The quantitative estimate of drug-likeness (QED) is 0.127. The average Bonchev–Trinajstić information content (AvgIpc) is 3.73. The molecule has 0 unspecified atom stereocenters. The highest BCUT2D eigenvalue weighted by Crippen LogP contribution is 2.47. The fraction of sp³-hybridized carbons (Fsp3) is 0. The van der Waals surface area contributed by atoms with Gasteiger partial charge in [0.15, 0.2) is 5.69 Å². The van der Waals surface area contributed by atoms with Gasteiger partial charge in [-0.05, 0) is 75.8 Å². The minimum absolute atomic E-state index is 0.361. The molecule has 0 atom stereocenters. The Morgan fingerprint density at radius 3 is 1.61 bits per heavy atom. The van der Waals surface area contributed by atoms with Crippen molar-refractivity contribution in [1.29, 1.82) is 0 Å². The number of carbonyl (C=O) groups excluding carboxylic acids is 2. The molecule has 0 fully saturated rings. The number of fused-ring (bicyclic) bond motifs is 4. The summed E-state index contributed by atoms with van der Waals surface area (Å²) in [5, 5.41) is 2.05. The van der Waals surface area contributed by atoms with E-state index in [-0.39, 0.29) is 11.8 Å². The number of rotatable bonds is 6. The van der Waals surface area contributed by atoms with Gasteiger partial charge >= 0.3 is 0 Å². The van der Waals surface area contributed by atoms with Crippen molar-refractivity contribution in [2.45, 2.75) is 0 Å². The molecule has 1 aliphatic rings. The molecule has 1 aromatic heterocycles. The first kappa shape index (κ1) is 32.8. The first-order chi connectivity index (χ1) is 27.6. The van der Waals surface area contributed by atoms with Crippen LogP contribution in [0.15, 0.2) is 188 Å². The minimum Gasteiger partial charge on any atom is -0.308 e. The minimum atomic E-state index is -0.370. The average molecular weight is 718 g/mol. The first-order valence-corrected chi connectivity index (χ1v) is 18.5. The fourth-order valence-corrected chi connectivity index (χ4v) is 8.15. The lowest BCUT2D eigenvalue weighted by atomic mass is 9.90. The van der Waals surface area contributed by atoms with E-state index in [4.69, 9.17) is 6.57 Å². The van der Waals surface area contributed by atoms with Crippen LogP contribution in [0, 0.1) is 6.57 Å². The smallest absolute Gasteiger partial charge is 0.268 e. The normalized spacial score (nSPS) is 12.3. The third-order valence-electron chi connectivity index (χ3n) is 10.7. The second kappa shape index (κ2) is 13.2. The lowest BCUT2D eigenvalue weighted by molar-refractivity contribution is 0.0926. The Bertz CT molecular complexity index is 2990. The summed E-state index contributed by atoms with van der Waals surface area (Å²) in [4.78, 5) is 35.1. The Labute approximate surface area is 323 Å². The number of para-hydroxylation sites is 1. The van der Waals surface area contributed by atoms with Crippen LogP contribution in [0.4, 0.5) is 11.4 Å². The predicted molar refractivity (Wildman–Crippen MR) is 226 cm³/mol. The summed E-state index contributed by atoms with van der Waals surface area (Å²) in [6.45, 7) is 7.36. The standard InChI is InChI=1S/C51H31N3O2/c1-52-39-27-24-34(25-28-39)37-26-29-46-44(30-37)40-20-11-12-22-45(40)53(46)47-23-13-21-41-48(47)51(56)54(50(41)55)49-42(35-16-7-3-8-17-35)31-38(33-14-5-2-6-15-33)32-43(49)36-18-9-4-10-19-36/h2-32H. The van der Waals surface area contributed by atoms with Gasteiger partial charge in [-0.1, -0.05) is 146 Å². The number of hydrogen-bond donors (Lipinski definition) is 0. The van der Waals surface area contributed by atoms with Gasteiger partial charge in [-0.3, -0.25) is 9.59 Å².